The average Bonchev–Trinajstić information content (AvgIpc) is 3.00. The summed E-state index contributed by atoms with van der Waals surface area (Å²) in [7, 11) is -3.45. The van der Waals surface area contributed by atoms with E-state index in [1.54, 1.807) is 35.5 Å². The Hall–Kier alpha value is -1.90. The van der Waals surface area contributed by atoms with E-state index in [4.69, 9.17) is 4.74 Å². The summed E-state index contributed by atoms with van der Waals surface area (Å²) in [4.78, 5) is 13.1. The van der Waals surface area contributed by atoms with Gasteiger partial charge in [0.25, 0.3) is 15.9 Å². The lowest BCUT2D eigenvalue weighted by molar-refractivity contribution is -0.127. The van der Waals surface area contributed by atoms with Crippen molar-refractivity contribution >= 4 is 27.3 Å². The lowest BCUT2D eigenvalue weighted by Gasteiger charge is -2.18. The number of nitrogens with zero attached hydrogens (tertiary/aromatic N) is 1. The van der Waals surface area contributed by atoms with Crippen molar-refractivity contribution in [3.05, 3.63) is 47.3 Å². The minimum absolute atomic E-state index is 0.242. The fraction of sp³-hybridized carbons (Fsp3) is 0.450. The molecule has 1 aromatic heterocycles. The van der Waals surface area contributed by atoms with E-state index in [9.17, 15) is 13.2 Å². The van der Waals surface area contributed by atoms with Gasteiger partial charge in [0, 0.05) is 18.0 Å². The molecule has 0 aliphatic carbocycles. The molecule has 2 aromatic rings. The molecule has 1 N–H and O–H groups in total. The average molecular weight is 423 g/mol. The number of hydrogen-bond donors (Lipinski definition) is 1. The van der Waals surface area contributed by atoms with Gasteiger partial charge in [-0.1, -0.05) is 31.0 Å². The smallest absolute Gasteiger partial charge is 0.261 e. The SMILES string of the molecule is C[C@H](Oc1ccccc1)C(=O)NCc1ccc(S(=O)(=O)N2CCCCCC2)s1. The zero-order valence-corrected chi connectivity index (χ0v) is 17.6. The van der Waals surface area contributed by atoms with Gasteiger partial charge in [-0.15, -0.1) is 11.3 Å². The Labute approximate surface area is 170 Å². The van der Waals surface area contributed by atoms with Crippen molar-refractivity contribution in [2.24, 2.45) is 0 Å². The van der Waals surface area contributed by atoms with Crippen LogP contribution in [0, 0.1) is 0 Å². The van der Waals surface area contributed by atoms with E-state index in [0.29, 0.717) is 23.0 Å². The van der Waals surface area contributed by atoms with E-state index in [1.807, 2.05) is 18.2 Å². The lowest BCUT2D eigenvalue weighted by atomic mass is 10.2. The van der Waals surface area contributed by atoms with Gasteiger partial charge in [-0.3, -0.25) is 4.79 Å². The zero-order valence-electron chi connectivity index (χ0n) is 16.0. The number of thiophene rings is 1. The highest BCUT2D eigenvalue weighted by atomic mass is 32.2. The third-order valence-corrected chi connectivity index (χ3v) is 8.11. The Balaban J connectivity index is 1.56. The first-order valence-corrected chi connectivity index (χ1v) is 11.8. The number of benzene rings is 1. The van der Waals surface area contributed by atoms with Gasteiger partial charge < -0.3 is 10.1 Å². The molecular formula is C20H26N2O4S2. The molecule has 1 atom stereocenters. The summed E-state index contributed by atoms with van der Waals surface area (Å²) in [6.07, 6.45) is 3.34. The van der Waals surface area contributed by atoms with Crippen LogP contribution in [0.15, 0.2) is 46.7 Å². The van der Waals surface area contributed by atoms with Crippen LogP contribution in [-0.2, 0) is 21.4 Å². The number of amides is 1. The summed E-state index contributed by atoms with van der Waals surface area (Å²) in [6.45, 7) is 3.13. The number of nitrogens with one attached hydrogen (secondary N) is 1. The Morgan fingerprint density at radius 2 is 1.79 bits per heavy atom. The summed E-state index contributed by atoms with van der Waals surface area (Å²) in [5, 5.41) is 2.81. The van der Waals surface area contributed by atoms with E-state index in [-0.39, 0.29) is 12.5 Å². The first-order chi connectivity index (χ1) is 13.5. The van der Waals surface area contributed by atoms with Gasteiger partial charge in [0.15, 0.2) is 6.10 Å². The van der Waals surface area contributed by atoms with Crippen molar-refractivity contribution in [1.82, 2.24) is 9.62 Å². The molecule has 3 rings (SSSR count). The molecule has 1 aliphatic rings. The van der Waals surface area contributed by atoms with Crippen LogP contribution in [-0.4, -0.2) is 37.8 Å². The van der Waals surface area contributed by atoms with Gasteiger partial charge in [0.05, 0.1) is 6.54 Å². The molecule has 28 heavy (non-hydrogen) atoms. The highest BCUT2D eigenvalue weighted by Crippen LogP contribution is 2.26. The third kappa shape index (κ3) is 5.33. The van der Waals surface area contributed by atoms with Crippen molar-refractivity contribution in [3.8, 4) is 5.75 Å². The first kappa shape index (κ1) is 20.8. The molecule has 1 fully saturated rings. The van der Waals surface area contributed by atoms with E-state index >= 15 is 0 Å². The molecular weight excluding hydrogens is 396 g/mol. The van der Waals surface area contributed by atoms with Crippen LogP contribution in [0.4, 0.5) is 0 Å². The van der Waals surface area contributed by atoms with Crippen molar-refractivity contribution in [3.63, 3.8) is 0 Å². The Kier molecular flexibility index (Phi) is 7.09. The van der Waals surface area contributed by atoms with Crippen molar-refractivity contribution in [1.29, 1.82) is 0 Å². The molecule has 1 saturated heterocycles. The van der Waals surface area contributed by atoms with Crippen LogP contribution >= 0.6 is 11.3 Å². The maximum atomic E-state index is 12.8. The number of sulfonamides is 1. The standard InChI is InChI=1S/C20H26N2O4S2/c1-16(26-17-9-5-4-6-10-17)20(23)21-15-18-11-12-19(27-18)28(24,25)22-13-7-2-3-8-14-22/h4-6,9-12,16H,2-3,7-8,13-15H2,1H3,(H,21,23)/t16-/m0/s1. The molecule has 1 aromatic carbocycles. The van der Waals surface area contributed by atoms with Gasteiger partial charge in [-0.05, 0) is 44.0 Å². The second kappa shape index (κ2) is 9.54. The number of carbonyl (C=O) groups is 1. The highest BCUT2D eigenvalue weighted by molar-refractivity contribution is 7.91. The van der Waals surface area contributed by atoms with Crippen LogP contribution in [0.25, 0.3) is 0 Å². The second-order valence-electron chi connectivity index (χ2n) is 6.83. The predicted molar refractivity (Wildman–Crippen MR) is 110 cm³/mol. The summed E-state index contributed by atoms with van der Waals surface area (Å²) in [5.41, 5.74) is 0. The van der Waals surface area contributed by atoms with Crippen molar-refractivity contribution in [2.45, 2.75) is 49.5 Å². The number of hydrogen-bond acceptors (Lipinski definition) is 5. The van der Waals surface area contributed by atoms with Gasteiger partial charge >= 0.3 is 0 Å². The highest BCUT2D eigenvalue weighted by Gasteiger charge is 2.26. The molecule has 0 bridgehead atoms. The van der Waals surface area contributed by atoms with E-state index < -0.39 is 16.1 Å². The Morgan fingerprint density at radius 3 is 2.46 bits per heavy atom. The zero-order chi connectivity index (χ0) is 20.0. The van der Waals surface area contributed by atoms with Crippen molar-refractivity contribution in [2.75, 3.05) is 13.1 Å². The summed E-state index contributed by atoms with van der Waals surface area (Å²) >= 11 is 1.21. The molecule has 1 amide bonds. The maximum absolute atomic E-state index is 12.8. The number of ether oxygens (including phenoxy) is 1. The number of rotatable bonds is 7. The Morgan fingerprint density at radius 1 is 1.11 bits per heavy atom. The minimum atomic E-state index is -3.45. The Bertz CT molecular complexity index is 873. The van der Waals surface area contributed by atoms with Gasteiger partial charge in [0.1, 0.15) is 9.96 Å². The molecule has 8 heteroatoms. The van der Waals surface area contributed by atoms with Crippen LogP contribution in [0.3, 0.4) is 0 Å². The maximum Gasteiger partial charge on any atom is 0.261 e. The van der Waals surface area contributed by atoms with Gasteiger partial charge in [-0.2, -0.15) is 4.31 Å². The predicted octanol–water partition coefficient (Wildman–Crippen LogP) is 3.40. The van der Waals surface area contributed by atoms with Crippen molar-refractivity contribution < 1.29 is 17.9 Å². The van der Waals surface area contributed by atoms with Crippen LogP contribution in [0.1, 0.15) is 37.5 Å². The van der Waals surface area contributed by atoms with Crippen LogP contribution in [0.2, 0.25) is 0 Å². The molecule has 152 valence electrons. The summed E-state index contributed by atoms with van der Waals surface area (Å²) in [5.74, 6) is 0.390. The monoisotopic (exact) mass is 422 g/mol. The quantitative estimate of drug-likeness (QED) is 0.742. The van der Waals surface area contributed by atoms with E-state index in [1.165, 1.54) is 11.3 Å². The fourth-order valence-electron chi connectivity index (χ4n) is 3.08. The molecule has 2 heterocycles. The lowest BCUT2D eigenvalue weighted by Crippen LogP contribution is -2.35. The normalized spacial score (nSPS) is 16.9. The fourth-order valence-corrected chi connectivity index (χ4v) is 6.04. The molecule has 0 unspecified atom stereocenters. The molecule has 0 saturated carbocycles. The molecule has 6 nitrogen and oxygen atoms in total. The second-order valence-corrected chi connectivity index (χ2v) is 10.2. The topological polar surface area (TPSA) is 75.7 Å². The summed E-state index contributed by atoms with van der Waals surface area (Å²) < 4.78 is 33.2. The van der Waals surface area contributed by atoms with Crippen LogP contribution in [0.5, 0.6) is 5.75 Å². The molecule has 1 aliphatic heterocycles. The van der Waals surface area contributed by atoms with Gasteiger partial charge in [-0.25, -0.2) is 8.42 Å². The summed E-state index contributed by atoms with van der Waals surface area (Å²) in [6, 6.07) is 12.6. The van der Waals surface area contributed by atoms with E-state index in [2.05, 4.69) is 5.32 Å². The number of carbonyl (C=O) groups excluding carboxylic acids is 1. The third-order valence-electron chi connectivity index (χ3n) is 4.66. The van der Waals surface area contributed by atoms with E-state index in [0.717, 1.165) is 30.6 Å². The van der Waals surface area contributed by atoms with Gasteiger partial charge in [0.2, 0.25) is 0 Å². The first-order valence-electron chi connectivity index (χ1n) is 9.55. The van der Waals surface area contributed by atoms with Crippen LogP contribution < -0.4 is 10.1 Å². The number of para-hydroxylation sites is 1. The largest absolute Gasteiger partial charge is 0.481 e. The minimum Gasteiger partial charge on any atom is -0.481 e. The molecule has 0 spiro atoms. The molecule has 0 radical (unpaired) electrons.